The number of nitrogens with zero attached hydrogens (tertiary/aromatic N) is 1. The van der Waals surface area contributed by atoms with Crippen LogP contribution >= 0.6 is 0 Å². The van der Waals surface area contributed by atoms with E-state index in [1.807, 2.05) is 6.92 Å². The van der Waals surface area contributed by atoms with Gasteiger partial charge in [0.25, 0.3) is 6.02 Å². The van der Waals surface area contributed by atoms with Crippen LogP contribution in [0.2, 0.25) is 0 Å². The third-order valence-corrected chi connectivity index (χ3v) is 3.36. The largest absolute Gasteiger partial charge is 0.465 e. The first kappa shape index (κ1) is 14.1. The number of nitrogens with one attached hydrogen (secondary N) is 1. The molecule has 1 aromatic rings. The number of hydrogen-bond donors (Lipinski definition) is 3. The Morgan fingerprint density at radius 3 is 3.05 bits per heavy atom. The molecule has 2 rings (SSSR count). The minimum atomic E-state index is -1.27. The zero-order valence-corrected chi connectivity index (χ0v) is 11.0. The maximum absolute atomic E-state index is 14.1. The van der Waals surface area contributed by atoms with Crippen molar-refractivity contribution in [3.8, 4) is 0 Å². The Labute approximate surface area is 115 Å². The summed E-state index contributed by atoms with van der Waals surface area (Å²) in [6, 6.07) is 4.18. The second kappa shape index (κ2) is 5.36. The lowest BCUT2D eigenvalue weighted by molar-refractivity contribution is 0.178. The Bertz CT molecular complexity index is 562. The number of amidine groups is 1. The van der Waals surface area contributed by atoms with E-state index in [-0.39, 0.29) is 12.6 Å². The normalized spacial score (nSPS) is 21.8. The van der Waals surface area contributed by atoms with Crippen LogP contribution in [0.3, 0.4) is 0 Å². The zero-order chi connectivity index (χ0) is 14.8. The van der Waals surface area contributed by atoms with Crippen LogP contribution < -0.4 is 11.1 Å². The Morgan fingerprint density at radius 2 is 2.40 bits per heavy atom. The number of hydrogen-bond acceptors (Lipinski definition) is 4. The van der Waals surface area contributed by atoms with Crippen molar-refractivity contribution in [2.24, 2.45) is 4.99 Å². The van der Waals surface area contributed by atoms with Crippen molar-refractivity contribution in [1.82, 2.24) is 5.32 Å². The number of benzene rings is 1. The highest BCUT2D eigenvalue weighted by Crippen LogP contribution is 2.38. The third-order valence-electron chi connectivity index (χ3n) is 3.36. The quantitative estimate of drug-likeness (QED) is 0.723. The SMILES string of the molecule is CC[C@@]1(c2cc(N)ccc2F)CCOC(NC(=O)O)=N1. The summed E-state index contributed by atoms with van der Waals surface area (Å²) in [7, 11) is 0. The molecule has 0 aromatic heterocycles. The van der Waals surface area contributed by atoms with Gasteiger partial charge in [0.05, 0.1) is 12.1 Å². The minimum Gasteiger partial charge on any atom is -0.465 e. The summed E-state index contributed by atoms with van der Waals surface area (Å²) in [5.41, 5.74) is 5.63. The molecule has 0 aliphatic carbocycles. The lowest BCUT2D eigenvalue weighted by Gasteiger charge is -2.33. The third kappa shape index (κ3) is 2.66. The summed E-state index contributed by atoms with van der Waals surface area (Å²) in [5, 5.41) is 10.8. The first-order valence-electron chi connectivity index (χ1n) is 6.25. The van der Waals surface area contributed by atoms with E-state index in [0.29, 0.717) is 24.1 Å². The summed E-state index contributed by atoms with van der Waals surface area (Å²) in [6.07, 6.45) is -0.320. The zero-order valence-electron chi connectivity index (χ0n) is 11.0. The molecular weight excluding hydrogens is 265 g/mol. The molecule has 1 amide bonds. The summed E-state index contributed by atoms with van der Waals surface area (Å²) >= 11 is 0. The second-order valence-corrected chi connectivity index (χ2v) is 4.57. The van der Waals surface area contributed by atoms with Crippen LogP contribution in [0.1, 0.15) is 25.3 Å². The Balaban J connectivity index is 2.47. The molecule has 108 valence electrons. The van der Waals surface area contributed by atoms with Gasteiger partial charge in [-0.1, -0.05) is 6.92 Å². The van der Waals surface area contributed by atoms with Gasteiger partial charge < -0.3 is 15.6 Å². The van der Waals surface area contributed by atoms with Crippen LogP contribution in [-0.4, -0.2) is 23.8 Å². The van der Waals surface area contributed by atoms with Gasteiger partial charge in [0.15, 0.2) is 0 Å². The molecule has 7 heteroatoms. The summed E-state index contributed by atoms with van der Waals surface area (Å²) in [6.45, 7) is 2.11. The number of ether oxygens (including phenoxy) is 1. The Morgan fingerprint density at radius 1 is 1.65 bits per heavy atom. The van der Waals surface area contributed by atoms with Crippen LogP contribution in [0, 0.1) is 5.82 Å². The monoisotopic (exact) mass is 281 g/mol. The number of nitrogens with two attached hydrogens (primary N) is 1. The van der Waals surface area contributed by atoms with Crippen molar-refractivity contribution >= 4 is 17.8 Å². The lowest BCUT2D eigenvalue weighted by atomic mass is 9.84. The van der Waals surface area contributed by atoms with Gasteiger partial charge in [-0.05, 0) is 24.6 Å². The van der Waals surface area contributed by atoms with Gasteiger partial charge in [-0.15, -0.1) is 0 Å². The average Bonchev–Trinajstić information content (AvgIpc) is 2.41. The summed E-state index contributed by atoms with van der Waals surface area (Å²) in [4.78, 5) is 14.9. The van der Waals surface area contributed by atoms with Gasteiger partial charge in [0.1, 0.15) is 5.82 Å². The first-order chi connectivity index (χ1) is 9.47. The standard InChI is InChI=1S/C13H16FN3O3/c1-2-13(9-7-8(15)3-4-10(9)14)5-6-20-11(17-13)16-12(18)19/h3-4,7H,2,5-6,15H2,1H3,(H,16,17)(H,18,19)/t13-/m0/s1. The average molecular weight is 281 g/mol. The minimum absolute atomic E-state index is 0.118. The van der Waals surface area contributed by atoms with E-state index in [1.165, 1.54) is 18.2 Å². The van der Waals surface area contributed by atoms with E-state index < -0.39 is 17.4 Å². The molecule has 1 atom stereocenters. The fraction of sp³-hybridized carbons (Fsp3) is 0.385. The molecule has 0 unspecified atom stereocenters. The Hall–Kier alpha value is -2.31. The van der Waals surface area contributed by atoms with E-state index in [0.717, 1.165) is 0 Å². The molecule has 0 fully saturated rings. The van der Waals surface area contributed by atoms with Gasteiger partial charge in [-0.2, -0.15) is 0 Å². The van der Waals surface area contributed by atoms with E-state index in [1.54, 1.807) is 0 Å². The van der Waals surface area contributed by atoms with Gasteiger partial charge >= 0.3 is 6.09 Å². The van der Waals surface area contributed by atoms with Crippen molar-refractivity contribution in [2.75, 3.05) is 12.3 Å². The molecule has 1 aromatic carbocycles. The van der Waals surface area contributed by atoms with Crippen molar-refractivity contribution < 1.29 is 19.0 Å². The maximum atomic E-state index is 14.1. The predicted molar refractivity (Wildman–Crippen MR) is 71.9 cm³/mol. The molecular formula is C13H16FN3O3. The Kier molecular flexibility index (Phi) is 3.78. The molecule has 6 nitrogen and oxygen atoms in total. The maximum Gasteiger partial charge on any atom is 0.412 e. The molecule has 0 saturated carbocycles. The first-order valence-corrected chi connectivity index (χ1v) is 6.25. The van der Waals surface area contributed by atoms with Crippen molar-refractivity contribution in [3.05, 3.63) is 29.6 Å². The molecule has 1 aliphatic heterocycles. The number of rotatable bonds is 2. The molecule has 0 radical (unpaired) electrons. The predicted octanol–water partition coefficient (Wildman–Crippen LogP) is 2.06. The number of carboxylic acid groups (broad SMARTS) is 1. The van der Waals surface area contributed by atoms with Crippen LogP contribution in [0.25, 0.3) is 0 Å². The van der Waals surface area contributed by atoms with Crippen molar-refractivity contribution in [3.63, 3.8) is 0 Å². The van der Waals surface area contributed by atoms with Crippen LogP contribution in [0.15, 0.2) is 23.2 Å². The number of carbonyl (C=O) groups is 1. The lowest BCUT2D eigenvalue weighted by Crippen LogP contribution is -2.40. The molecule has 1 heterocycles. The van der Waals surface area contributed by atoms with Gasteiger partial charge in [0.2, 0.25) is 0 Å². The molecule has 0 bridgehead atoms. The molecule has 0 saturated heterocycles. The molecule has 4 N–H and O–H groups in total. The highest BCUT2D eigenvalue weighted by Gasteiger charge is 2.36. The van der Waals surface area contributed by atoms with E-state index in [2.05, 4.69) is 10.3 Å². The molecule has 1 aliphatic rings. The van der Waals surface area contributed by atoms with E-state index in [4.69, 9.17) is 15.6 Å². The van der Waals surface area contributed by atoms with Gasteiger partial charge in [0, 0.05) is 17.7 Å². The highest BCUT2D eigenvalue weighted by atomic mass is 19.1. The van der Waals surface area contributed by atoms with Crippen molar-refractivity contribution in [2.45, 2.75) is 25.3 Å². The fourth-order valence-corrected chi connectivity index (χ4v) is 2.30. The topological polar surface area (TPSA) is 96.9 Å². The number of aliphatic imine (C=N–C) groups is 1. The van der Waals surface area contributed by atoms with Crippen LogP contribution in [-0.2, 0) is 10.3 Å². The summed E-state index contributed by atoms with van der Waals surface area (Å²) in [5.74, 6) is -0.415. The molecule has 20 heavy (non-hydrogen) atoms. The smallest absolute Gasteiger partial charge is 0.412 e. The van der Waals surface area contributed by atoms with Gasteiger partial charge in [-0.3, -0.25) is 0 Å². The number of anilines is 1. The van der Waals surface area contributed by atoms with Crippen LogP contribution in [0.5, 0.6) is 0 Å². The summed E-state index contributed by atoms with van der Waals surface area (Å²) < 4.78 is 19.2. The number of amides is 1. The second-order valence-electron chi connectivity index (χ2n) is 4.57. The van der Waals surface area contributed by atoms with Crippen molar-refractivity contribution in [1.29, 1.82) is 0 Å². The highest BCUT2D eigenvalue weighted by molar-refractivity contribution is 5.90. The van der Waals surface area contributed by atoms with E-state index in [9.17, 15) is 9.18 Å². The number of halogens is 1. The number of nitrogen functional groups attached to an aromatic ring is 1. The van der Waals surface area contributed by atoms with E-state index >= 15 is 0 Å². The molecule has 0 spiro atoms. The fourth-order valence-electron chi connectivity index (χ4n) is 2.30. The van der Waals surface area contributed by atoms with Gasteiger partial charge in [-0.25, -0.2) is 19.5 Å². The van der Waals surface area contributed by atoms with Crippen LogP contribution in [0.4, 0.5) is 14.9 Å².